The molecule has 0 aliphatic heterocycles. The molecule has 2 aromatic carbocycles. The summed E-state index contributed by atoms with van der Waals surface area (Å²) in [6.07, 6.45) is 0. The van der Waals surface area contributed by atoms with Gasteiger partial charge in [-0.15, -0.1) is 0 Å². The molecule has 0 atom stereocenters. The number of rotatable bonds is 5. The lowest BCUT2D eigenvalue weighted by Gasteiger charge is -2.24. The number of aliphatic carboxylic acids is 1. The Morgan fingerprint density at radius 1 is 1.18 bits per heavy atom. The molecule has 0 saturated carbocycles. The second-order valence-electron chi connectivity index (χ2n) is 4.65. The van der Waals surface area contributed by atoms with Gasteiger partial charge in [-0.1, -0.05) is 35.9 Å². The molecule has 1 N–H and O–H groups in total. The van der Waals surface area contributed by atoms with Crippen molar-refractivity contribution < 1.29 is 18.3 Å². The van der Waals surface area contributed by atoms with Crippen LogP contribution in [0.5, 0.6) is 0 Å². The summed E-state index contributed by atoms with van der Waals surface area (Å²) < 4.78 is 26.4. The number of carboxylic acids is 1. The highest BCUT2D eigenvalue weighted by atomic mass is 35.5. The minimum atomic E-state index is -3.99. The number of sulfonamides is 1. The zero-order valence-corrected chi connectivity index (χ0v) is 13.3. The maximum Gasteiger partial charge on any atom is 0.324 e. The van der Waals surface area contributed by atoms with Crippen molar-refractivity contribution in [3.8, 4) is 0 Å². The summed E-state index contributed by atoms with van der Waals surface area (Å²) in [5, 5.41) is 9.41. The van der Waals surface area contributed by atoms with Crippen molar-refractivity contribution in [3.05, 3.63) is 59.1 Å². The highest BCUT2D eigenvalue weighted by Crippen LogP contribution is 2.29. The van der Waals surface area contributed by atoms with E-state index in [4.69, 9.17) is 16.7 Å². The Kier molecular flexibility index (Phi) is 4.73. The molecule has 7 heteroatoms. The summed E-state index contributed by atoms with van der Waals surface area (Å²) in [7, 11) is -3.99. The van der Waals surface area contributed by atoms with Crippen LogP contribution in [0.15, 0.2) is 53.4 Å². The third-order valence-electron chi connectivity index (χ3n) is 3.05. The SMILES string of the molecule is Cc1ccc(Cl)cc1N(CC(=O)O)S(=O)(=O)c1ccccc1. The number of halogens is 1. The van der Waals surface area contributed by atoms with Crippen LogP contribution in [-0.4, -0.2) is 26.0 Å². The first kappa shape index (κ1) is 16.3. The van der Waals surface area contributed by atoms with E-state index in [-0.39, 0.29) is 10.6 Å². The summed E-state index contributed by atoms with van der Waals surface area (Å²) in [5.41, 5.74) is 0.865. The molecule has 0 aliphatic rings. The van der Waals surface area contributed by atoms with Crippen LogP contribution in [-0.2, 0) is 14.8 Å². The Morgan fingerprint density at radius 2 is 1.82 bits per heavy atom. The lowest BCUT2D eigenvalue weighted by Crippen LogP contribution is -2.36. The number of anilines is 1. The second-order valence-corrected chi connectivity index (χ2v) is 6.95. The molecular weight excluding hydrogens is 326 g/mol. The van der Waals surface area contributed by atoms with Crippen LogP contribution in [0.25, 0.3) is 0 Å². The fourth-order valence-electron chi connectivity index (χ4n) is 1.99. The van der Waals surface area contributed by atoms with Gasteiger partial charge in [0.15, 0.2) is 0 Å². The molecule has 0 aliphatic carbocycles. The summed E-state index contributed by atoms with van der Waals surface area (Å²) in [6.45, 7) is 1.01. The zero-order chi connectivity index (χ0) is 16.3. The van der Waals surface area contributed by atoms with E-state index in [9.17, 15) is 13.2 Å². The molecule has 5 nitrogen and oxygen atoms in total. The number of hydrogen-bond acceptors (Lipinski definition) is 3. The standard InChI is InChI=1S/C15H14ClNO4S/c1-11-7-8-12(16)9-14(11)17(10-15(18)19)22(20,21)13-5-3-2-4-6-13/h2-9H,10H2,1H3,(H,18,19). The molecule has 0 spiro atoms. The van der Waals surface area contributed by atoms with Gasteiger partial charge in [0.1, 0.15) is 6.54 Å². The van der Waals surface area contributed by atoms with Crippen LogP contribution in [0.2, 0.25) is 5.02 Å². The molecule has 0 saturated heterocycles. The molecule has 0 unspecified atom stereocenters. The van der Waals surface area contributed by atoms with Crippen molar-refractivity contribution in [2.45, 2.75) is 11.8 Å². The fraction of sp³-hybridized carbons (Fsp3) is 0.133. The quantitative estimate of drug-likeness (QED) is 0.908. The van der Waals surface area contributed by atoms with Gasteiger partial charge in [-0.05, 0) is 36.8 Å². The first-order chi connectivity index (χ1) is 10.3. The number of nitrogens with zero attached hydrogens (tertiary/aromatic N) is 1. The van der Waals surface area contributed by atoms with Gasteiger partial charge in [0.05, 0.1) is 10.6 Å². The monoisotopic (exact) mass is 339 g/mol. The average molecular weight is 340 g/mol. The highest BCUT2D eigenvalue weighted by molar-refractivity contribution is 7.92. The van der Waals surface area contributed by atoms with Crippen molar-refractivity contribution in [3.63, 3.8) is 0 Å². The van der Waals surface area contributed by atoms with Gasteiger partial charge in [-0.3, -0.25) is 9.10 Å². The highest BCUT2D eigenvalue weighted by Gasteiger charge is 2.28. The molecule has 2 aromatic rings. The van der Waals surface area contributed by atoms with Crippen LogP contribution in [0.4, 0.5) is 5.69 Å². The van der Waals surface area contributed by atoms with Crippen molar-refractivity contribution >= 4 is 33.3 Å². The van der Waals surface area contributed by atoms with Crippen LogP contribution in [0, 0.1) is 6.92 Å². The topological polar surface area (TPSA) is 74.7 Å². The van der Waals surface area contributed by atoms with Crippen LogP contribution >= 0.6 is 11.6 Å². The van der Waals surface area contributed by atoms with Gasteiger partial charge >= 0.3 is 5.97 Å². The Hall–Kier alpha value is -2.05. The van der Waals surface area contributed by atoms with Crippen molar-refractivity contribution in [2.24, 2.45) is 0 Å². The maximum atomic E-state index is 12.8. The van der Waals surface area contributed by atoms with Gasteiger partial charge in [-0.25, -0.2) is 8.42 Å². The first-order valence-electron chi connectivity index (χ1n) is 6.38. The summed E-state index contributed by atoms with van der Waals surface area (Å²) in [6, 6.07) is 12.4. The molecule has 0 radical (unpaired) electrons. The fourth-order valence-corrected chi connectivity index (χ4v) is 3.65. The zero-order valence-electron chi connectivity index (χ0n) is 11.7. The average Bonchev–Trinajstić information content (AvgIpc) is 2.48. The second kappa shape index (κ2) is 6.37. The molecule has 0 fully saturated rings. The molecule has 0 aromatic heterocycles. The largest absolute Gasteiger partial charge is 0.480 e. The van der Waals surface area contributed by atoms with E-state index in [1.165, 1.54) is 18.2 Å². The van der Waals surface area contributed by atoms with E-state index >= 15 is 0 Å². The minimum absolute atomic E-state index is 0.0237. The van der Waals surface area contributed by atoms with E-state index in [1.54, 1.807) is 37.3 Å². The lowest BCUT2D eigenvalue weighted by atomic mass is 10.2. The molecule has 0 amide bonds. The Bertz CT molecular complexity index is 790. The summed E-state index contributed by atoms with van der Waals surface area (Å²) >= 11 is 5.92. The van der Waals surface area contributed by atoms with E-state index < -0.39 is 22.5 Å². The predicted molar refractivity (Wildman–Crippen MR) is 84.8 cm³/mol. The number of carbonyl (C=O) groups is 1. The van der Waals surface area contributed by atoms with Crippen LogP contribution in [0.1, 0.15) is 5.56 Å². The molecular formula is C15H14ClNO4S. The Morgan fingerprint density at radius 3 is 2.41 bits per heavy atom. The van der Waals surface area contributed by atoms with Gasteiger partial charge in [0.2, 0.25) is 0 Å². The van der Waals surface area contributed by atoms with Crippen molar-refractivity contribution in [2.75, 3.05) is 10.8 Å². The van der Waals surface area contributed by atoms with E-state index in [2.05, 4.69) is 0 Å². The third kappa shape index (κ3) is 3.40. The van der Waals surface area contributed by atoms with Crippen molar-refractivity contribution in [1.82, 2.24) is 0 Å². The Labute approximate surface area is 133 Å². The Balaban J connectivity index is 2.60. The number of hydrogen-bond donors (Lipinski definition) is 1. The van der Waals surface area contributed by atoms with E-state index in [0.29, 0.717) is 10.6 Å². The molecule has 0 heterocycles. The molecule has 116 valence electrons. The van der Waals surface area contributed by atoms with E-state index in [1.807, 2.05) is 0 Å². The smallest absolute Gasteiger partial charge is 0.324 e. The molecule has 0 bridgehead atoms. The number of aryl methyl sites for hydroxylation is 1. The first-order valence-corrected chi connectivity index (χ1v) is 8.20. The van der Waals surface area contributed by atoms with Gasteiger partial charge in [0, 0.05) is 5.02 Å². The van der Waals surface area contributed by atoms with Gasteiger partial charge in [-0.2, -0.15) is 0 Å². The van der Waals surface area contributed by atoms with Crippen molar-refractivity contribution in [1.29, 1.82) is 0 Å². The maximum absolute atomic E-state index is 12.8. The number of carboxylic acid groups (broad SMARTS) is 1. The lowest BCUT2D eigenvalue weighted by molar-refractivity contribution is -0.135. The normalized spacial score (nSPS) is 11.2. The third-order valence-corrected chi connectivity index (χ3v) is 5.06. The van der Waals surface area contributed by atoms with Gasteiger partial charge in [0.25, 0.3) is 10.0 Å². The predicted octanol–water partition coefficient (Wildman–Crippen LogP) is 2.93. The van der Waals surface area contributed by atoms with Crippen LogP contribution < -0.4 is 4.31 Å². The van der Waals surface area contributed by atoms with E-state index in [0.717, 1.165) is 4.31 Å². The number of benzene rings is 2. The minimum Gasteiger partial charge on any atom is -0.480 e. The molecule has 2 rings (SSSR count). The summed E-state index contributed by atoms with van der Waals surface area (Å²) in [4.78, 5) is 11.1. The van der Waals surface area contributed by atoms with Gasteiger partial charge < -0.3 is 5.11 Å². The molecule has 22 heavy (non-hydrogen) atoms. The summed E-state index contributed by atoms with van der Waals surface area (Å²) in [5.74, 6) is -1.25. The van der Waals surface area contributed by atoms with Crippen LogP contribution in [0.3, 0.4) is 0 Å².